The predicted molar refractivity (Wildman–Crippen MR) is 100 cm³/mol. The Morgan fingerprint density at radius 2 is 1.92 bits per heavy atom. The van der Waals surface area contributed by atoms with Gasteiger partial charge in [-0.3, -0.25) is 9.59 Å². The van der Waals surface area contributed by atoms with Crippen LogP contribution in [-0.4, -0.2) is 18.5 Å². The van der Waals surface area contributed by atoms with Gasteiger partial charge in [0.05, 0.1) is 12.7 Å². The first kappa shape index (κ1) is 17.7. The summed E-state index contributed by atoms with van der Waals surface area (Å²) in [5.41, 5.74) is 5.44. The van der Waals surface area contributed by atoms with Crippen LogP contribution in [0.5, 0.6) is 0 Å². The number of furan rings is 1. The van der Waals surface area contributed by atoms with Crippen molar-refractivity contribution in [2.45, 2.75) is 27.2 Å². The Kier molecular flexibility index (Phi) is 5.07. The standard InChI is InChI=1S/C21H21NO4/c1-13-5-4-6-17(9-13)22-19(23)12-25-20(24)10-16-11-26-21-15(3)14(2)7-8-18(16)21/h4-9,11H,10,12H2,1-3H3,(H,22,23). The number of esters is 1. The summed E-state index contributed by atoms with van der Waals surface area (Å²) in [5.74, 6) is -0.835. The summed E-state index contributed by atoms with van der Waals surface area (Å²) in [6, 6.07) is 11.4. The lowest BCUT2D eigenvalue weighted by atomic mass is 10.0. The molecule has 3 rings (SSSR count). The van der Waals surface area contributed by atoms with Gasteiger partial charge in [0.25, 0.3) is 5.91 Å². The first-order chi connectivity index (χ1) is 12.4. The number of carbonyl (C=O) groups is 2. The van der Waals surface area contributed by atoms with Crippen molar-refractivity contribution in [3.63, 3.8) is 0 Å². The predicted octanol–water partition coefficient (Wildman–Crippen LogP) is 4.08. The molecule has 5 heteroatoms. The van der Waals surface area contributed by atoms with Gasteiger partial charge in [0.1, 0.15) is 5.58 Å². The molecule has 3 aromatic rings. The van der Waals surface area contributed by atoms with Crippen molar-refractivity contribution in [3.8, 4) is 0 Å². The molecule has 5 nitrogen and oxygen atoms in total. The van der Waals surface area contributed by atoms with E-state index in [0.29, 0.717) is 5.69 Å². The lowest BCUT2D eigenvalue weighted by Gasteiger charge is -2.07. The fourth-order valence-electron chi connectivity index (χ4n) is 2.80. The molecule has 0 fully saturated rings. The largest absolute Gasteiger partial charge is 0.464 e. The molecule has 1 N–H and O–H groups in total. The number of ether oxygens (including phenoxy) is 1. The second-order valence-corrected chi connectivity index (χ2v) is 6.40. The monoisotopic (exact) mass is 351 g/mol. The Bertz CT molecular complexity index is 971. The minimum atomic E-state index is -0.467. The van der Waals surface area contributed by atoms with Gasteiger partial charge in [0.2, 0.25) is 0 Å². The SMILES string of the molecule is Cc1cccc(NC(=O)COC(=O)Cc2coc3c(C)c(C)ccc23)c1. The van der Waals surface area contributed by atoms with Crippen LogP contribution in [0, 0.1) is 20.8 Å². The molecule has 0 atom stereocenters. The van der Waals surface area contributed by atoms with Crippen LogP contribution in [-0.2, 0) is 20.7 Å². The van der Waals surface area contributed by atoms with E-state index in [2.05, 4.69) is 5.32 Å². The highest BCUT2D eigenvalue weighted by Gasteiger charge is 2.14. The molecule has 0 unspecified atom stereocenters. The van der Waals surface area contributed by atoms with Gasteiger partial charge < -0.3 is 14.5 Å². The first-order valence-electron chi connectivity index (χ1n) is 8.42. The van der Waals surface area contributed by atoms with Crippen LogP contribution in [0.1, 0.15) is 22.3 Å². The second-order valence-electron chi connectivity index (χ2n) is 6.40. The third kappa shape index (κ3) is 3.94. The molecule has 1 heterocycles. The van der Waals surface area contributed by atoms with Crippen LogP contribution >= 0.6 is 0 Å². The van der Waals surface area contributed by atoms with Crippen molar-refractivity contribution in [1.82, 2.24) is 0 Å². The lowest BCUT2D eigenvalue weighted by Crippen LogP contribution is -2.21. The Morgan fingerprint density at radius 3 is 2.69 bits per heavy atom. The number of hydrogen-bond donors (Lipinski definition) is 1. The van der Waals surface area contributed by atoms with Crippen molar-refractivity contribution in [2.24, 2.45) is 0 Å². The average molecular weight is 351 g/mol. The number of rotatable bonds is 5. The summed E-state index contributed by atoms with van der Waals surface area (Å²) in [6.07, 6.45) is 1.64. The van der Waals surface area contributed by atoms with Crippen LogP contribution in [0.3, 0.4) is 0 Å². The van der Waals surface area contributed by atoms with Gasteiger partial charge in [-0.2, -0.15) is 0 Å². The summed E-state index contributed by atoms with van der Waals surface area (Å²) in [4.78, 5) is 24.0. The Balaban J connectivity index is 1.58. The molecule has 1 amide bonds. The van der Waals surface area contributed by atoms with Crippen molar-refractivity contribution in [1.29, 1.82) is 0 Å². The van der Waals surface area contributed by atoms with Gasteiger partial charge in [0, 0.05) is 16.6 Å². The minimum absolute atomic E-state index is 0.0627. The normalized spacial score (nSPS) is 10.7. The molecular formula is C21H21NO4. The zero-order valence-corrected chi connectivity index (χ0v) is 15.1. The van der Waals surface area contributed by atoms with Crippen molar-refractivity contribution in [3.05, 3.63) is 64.9 Å². The van der Waals surface area contributed by atoms with Crippen LogP contribution < -0.4 is 5.32 Å². The maximum Gasteiger partial charge on any atom is 0.310 e. The van der Waals surface area contributed by atoms with E-state index in [9.17, 15) is 9.59 Å². The fourth-order valence-corrected chi connectivity index (χ4v) is 2.80. The third-order valence-electron chi connectivity index (χ3n) is 4.34. The summed E-state index contributed by atoms with van der Waals surface area (Å²) in [5, 5.41) is 3.60. The smallest absolute Gasteiger partial charge is 0.310 e. The number of fused-ring (bicyclic) bond motifs is 1. The highest BCUT2D eigenvalue weighted by molar-refractivity contribution is 5.93. The van der Waals surface area contributed by atoms with E-state index in [1.165, 1.54) is 0 Å². The lowest BCUT2D eigenvalue weighted by molar-refractivity contribution is -0.146. The van der Waals surface area contributed by atoms with E-state index in [0.717, 1.165) is 33.2 Å². The number of aryl methyl sites for hydroxylation is 3. The minimum Gasteiger partial charge on any atom is -0.464 e. The third-order valence-corrected chi connectivity index (χ3v) is 4.34. The molecule has 2 aromatic carbocycles. The summed E-state index contributed by atoms with van der Waals surface area (Å²) < 4.78 is 10.7. The molecule has 0 aliphatic rings. The van der Waals surface area contributed by atoms with Gasteiger partial charge in [-0.25, -0.2) is 0 Å². The highest BCUT2D eigenvalue weighted by Crippen LogP contribution is 2.26. The molecule has 0 saturated carbocycles. The second kappa shape index (κ2) is 7.44. The van der Waals surface area contributed by atoms with Crippen molar-refractivity contribution < 1.29 is 18.7 Å². The number of nitrogens with one attached hydrogen (secondary N) is 1. The number of benzene rings is 2. The van der Waals surface area contributed by atoms with Crippen molar-refractivity contribution in [2.75, 3.05) is 11.9 Å². The van der Waals surface area contributed by atoms with E-state index in [1.807, 2.05) is 51.1 Å². The molecule has 0 aliphatic carbocycles. The molecular weight excluding hydrogens is 330 g/mol. The van der Waals surface area contributed by atoms with Crippen LogP contribution in [0.4, 0.5) is 5.69 Å². The zero-order chi connectivity index (χ0) is 18.7. The molecule has 1 aromatic heterocycles. The molecule has 26 heavy (non-hydrogen) atoms. The first-order valence-corrected chi connectivity index (χ1v) is 8.42. The summed E-state index contributed by atoms with van der Waals surface area (Å²) in [7, 11) is 0. The molecule has 0 aliphatic heterocycles. The number of amides is 1. The van der Waals surface area contributed by atoms with Gasteiger partial charge in [-0.1, -0.05) is 24.3 Å². The summed E-state index contributed by atoms with van der Waals surface area (Å²) in [6.45, 7) is 5.62. The van der Waals surface area contributed by atoms with Crippen LogP contribution in [0.25, 0.3) is 11.0 Å². The average Bonchev–Trinajstić information content (AvgIpc) is 3.00. The Hall–Kier alpha value is -3.08. The van der Waals surface area contributed by atoms with Gasteiger partial charge >= 0.3 is 5.97 Å². The molecule has 0 saturated heterocycles. The van der Waals surface area contributed by atoms with Gasteiger partial charge in [-0.15, -0.1) is 0 Å². The number of hydrogen-bond acceptors (Lipinski definition) is 4. The molecule has 0 bridgehead atoms. The van der Waals surface area contributed by atoms with E-state index in [-0.39, 0.29) is 18.9 Å². The van der Waals surface area contributed by atoms with E-state index >= 15 is 0 Å². The van der Waals surface area contributed by atoms with Crippen LogP contribution in [0.2, 0.25) is 0 Å². The highest BCUT2D eigenvalue weighted by atomic mass is 16.5. The molecule has 134 valence electrons. The fraction of sp³-hybridized carbons (Fsp3) is 0.238. The van der Waals surface area contributed by atoms with E-state index in [1.54, 1.807) is 12.3 Å². The number of anilines is 1. The Morgan fingerprint density at radius 1 is 1.12 bits per heavy atom. The quantitative estimate of drug-likeness (QED) is 0.703. The zero-order valence-electron chi connectivity index (χ0n) is 15.1. The maximum atomic E-state index is 12.1. The summed E-state index contributed by atoms with van der Waals surface area (Å²) >= 11 is 0. The van der Waals surface area contributed by atoms with E-state index < -0.39 is 5.97 Å². The van der Waals surface area contributed by atoms with Gasteiger partial charge in [-0.05, 0) is 49.6 Å². The maximum absolute atomic E-state index is 12.1. The Labute approximate surface area is 152 Å². The van der Waals surface area contributed by atoms with Crippen molar-refractivity contribution >= 4 is 28.5 Å². The molecule has 0 radical (unpaired) electrons. The number of carbonyl (C=O) groups excluding carboxylic acids is 2. The van der Waals surface area contributed by atoms with Crippen LogP contribution in [0.15, 0.2) is 47.1 Å². The van der Waals surface area contributed by atoms with Gasteiger partial charge in [0.15, 0.2) is 6.61 Å². The van der Waals surface area contributed by atoms with E-state index in [4.69, 9.17) is 9.15 Å². The molecule has 0 spiro atoms. The topological polar surface area (TPSA) is 68.5 Å².